The Morgan fingerprint density at radius 3 is 2.62 bits per heavy atom. The van der Waals surface area contributed by atoms with Crippen LogP contribution < -0.4 is 0 Å². The molecule has 0 N–H and O–H groups in total. The lowest BCUT2D eigenvalue weighted by Gasteiger charge is -1.91. The Morgan fingerprint density at radius 1 is 1.50 bits per heavy atom. The van der Waals surface area contributed by atoms with Crippen LogP contribution in [0.5, 0.6) is 0 Å². The molecule has 0 fully saturated rings. The normalized spacial score (nSPS) is 16.9. The summed E-state index contributed by atoms with van der Waals surface area (Å²) in [5, 5.41) is 8.13. The van der Waals surface area contributed by atoms with Gasteiger partial charge >= 0.3 is 0 Å². The molecule has 0 aliphatic carbocycles. The Morgan fingerprint density at radius 2 is 2.12 bits per heavy atom. The molecule has 8 heavy (non-hydrogen) atoms. The molecule has 0 bridgehead atoms. The molecule has 3 heteroatoms. The van der Waals surface area contributed by atoms with Gasteiger partial charge in [-0.05, 0) is 0 Å². The number of aliphatic imine (C=N–C) groups is 2. The van der Waals surface area contributed by atoms with Gasteiger partial charge in [-0.3, -0.25) is 9.98 Å². The van der Waals surface area contributed by atoms with Crippen LogP contribution in [-0.2, 0) is 0 Å². The molecule has 0 amide bonds. The van der Waals surface area contributed by atoms with Crippen molar-refractivity contribution in [3.63, 3.8) is 0 Å². The molecule has 1 rings (SSSR count). The molecule has 0 radical (unpaired) electrons. The van der Waals surface area contributed by atoms with Gasteiger partial charge in [-0.1, -0.05) is 0 Å². The summed E-state index contributed by atoms with van der Waals surface area (Å²) in [5.74, 6) is 0. The largest absolute Gasteiger partial charge is 0.264 e. The quantitative estimate of drug-likeness (QED) is 0.478. The van der Waals surface area contributed by atoms with Crippen LogP contribution in [0.25, 0.3) is 0 Å². The van der Waals surface area contributed by atoms with Crippen molar-refractivity contribution in [3.05, 3.63) is 0 Å². The van der Waals surface area contributed by atoms with Crippen LogP contribution in [-0.4, -0.2) is 18.6 Å². The van der Waals surface area contributed by atoms with E-state index in [0.29, 0.717) is 6.42 Å². The molecule has 1 aliphatic heterocycles. The first-order chi connectivity index (χ1) is 3.93. The first-order valence-electron chi connectivity index (χ1n) is 2.35. The van der Waals surface area contributed by atoms with Gasteiger partial charge in [-0.2, -0.15) is 5.26 Å². The second-order valence-electron chi connectivity index (χ2n) is 1.44. The molecule has 1 heterocycles. The predicted molar refractivity (Wildman–Crippen MR) is 31.0 cm³/mol. The van der Waals surface area contributed by atoms with E-state index in [4.69, 9.17) is 5.26 Å². The second-order valence-corrected chi connectivity index (χ2v) is 1.44. The minimum atomic E-state index is -0.111. The summed E-state index contributed by atoms with van der Waals surface area (Å²) in [4.78, 5) is 7.71. The van der Waals surface area contributed by atoms with Gasteiger partial charge in [-0.15, -0.1) is 0 Å². The maximum absolute atomic E-state index is 8.13. The number of hydrogen-bond donors (Lipinski definition) is 0. The summed E-state index contributed by atoms with van der Waals surface area (Å²) in [6.45, 7) is 0. The Hall–Kier alpha value is -1.17. The standard InChI is InChI=1S/C5H5N3/c6-2-1-5-7-3-4-8-5/h3-5H,1H2. The molecule has 40 valence electrons. The van der Waals surface area contributed by atoms with Crippen molar-refractivity contribution in [3.8, 4) is 6.07 Å². The minimum absolute atomic E-state index is 0.111. The van der Waals surface area contributed by atoms with Crippen molar-refractivity contribution in [2.75, 3.05) is 0 Å². The van der Waals surface area contributed by atoms with E-state index in [2.05, 4.69) is 9.98 Å². The average molecular weight is 107 g/mol. The highest BCUT2D eigenvalue weighted by Gasteiger charge is 2.02. The summed E-state index contributed by atoms with van der Waals surface area (Å²) in [6.07, 6.45) is 3.51. The Bertz CT molecular complexity index is 151. The zero-order valence-corrected chi connectivity index (χ0v) is 4.28. The molecule has 0 saturated carbocycles. The van der Waals surface area contributed by atoms with E-state index in [1.54, 1.807) is 12.4 Å². The van der Waals surface area contributed by atoms with E-state index in [9.17, 15) is 0 Å². The monoisotopic (exact) mass is 107 g/mol. The maximum atomic E-state index is 8.13. The second kappa shape index (κ2) is 2.22. The van der Waals surface area contributed by atoms with Gasteiger partial charge in [0.15, 0.2) is 6.17 Å². The van der Waals surface area contributed by atoms with Gasteiger partial charge in [0.1, 0.15) is 0 Å². The molecule has 0 spiro atoms. The highest BCUT2D eigenvalue weighted by molar-refractivity contribution is 6.17. The van der Waals surface area contributed by atoms with Crippen molar-refractivity contribution in [2.45, 2.75) is 12.6 Å². The summed E-state index contributed by atoms with van der Waals surface area (Å²) in [7, 11) is 0. The van der Waals surface area contributed by atoms with Crippen LogP contribution in [0.2, 0.25) is 0 Å². The van der Waals surface area contributed by atoms with Gasteiger partial charge in [0, 0.05) is 12.4 Å². The summed E-state index contributed by atoms with van der Waals surface area (Å²) in [5.41, 5.74) is 0. The third-order valence-electron chi connectivity index (χ3n) is 0.857. The topological polar surface area (TPSA) is 48.5 Å². The Labute approximate surface area is 47.4 Å². The van der Waals surface area contributed by atoms with Gasteiger partial charge in [0.25, 0.3) is 0 Å². The summed E-state index contributed by atoms with van der Waals surface area (Å²) < 4.78 is 0. The van der Waals surface area contributed by atoms with Crippen LogP contribution in [0.3, 0.4) is 0 Å². The zero-order valence-electron chi connectivity index (χ0n) is 4.28. The van der Waals surface area contributed by atoms with E-state index in [1.807, 2.05) is 6.07 Å². The van der Waals surface area contributed by atoms with Crippen LogP contribution in [0.15, 0.2) is 9.98 Å². The first kappa shape index (κ1) is 4.98. The van der Waals surface area contributed by atoms with Crippen LogP contribution >= 0.6 is 0 Å². The van der Waals surface area contributed by atoms with Crippen LogP contribution in [0.4, 0.5) is 0 Å². The highest BCUT2D eigenvalue weighted by Crippen LogP contribution is 1.99. The lowest BCUT2D eigenvalue weighted by Crippen LogP contribution is -1.92. The fourth-order valence-electron chi connectivity index (χ4n) is 0.501. The van der Waals surface area contributed by atoms with E-state index < -0.39 is 0 Å². The molecule has 0 unspecified atom stereocenters. The third-order valence-corrected chi connectivity index (χ3v) is 0.857. The van der Waals surface area contributed by atoms with Crippen LogP contribution in [0, 0.1) is 11.3 Å². The number of rotatable bonds is 1. The van der Waals surface area contributed by atoms with Gasteiger partial charge < -0.3 is 0 Å². The fraction of sp³-hybridized carbons (Fsp3) is 0.400. The number of nitrogens with zero attached hydrogens (tertiary/aromatic N) is 3. The zero-order chi connectivity index (χ0) is 5.82. The molecule has 3 nitrogen and oxygen atoms in total. The molecular weight excluding hydrogens is 102 g/mol. The van der Waals surface area contributed by atoms with Gasteiger partial charge in [-0.25, -0.2) is 0 Å². The van der Waals surface area contributed by atoms with E-state index in [0.717, 1.165) is 0 Å². The fourth-order valence-corrected chi connectivity index (χ4v) is 0.501. The Kier molecular flexibility index (Phi) is 1.38. The smallest absolute Gasteiger partial charge is 0.152 e. The first-order valence-corrected chi connectivity index (χ1v) is 2.35. The van der Waals surface area contributed by atoms with E-state index in [1.165, 1.54) is 0 Å². The summed E-state index contributed by atoms with van der Waals surface area (Å²) in [6, 6.07) is 1.98. The molecule has 0 aromatic heterocycles. The molecular formula is C5H5N3. The lowest BCUT2D eigenvalue weighted by molar-refractivity contribution is 0.751. The average Bonchev–Trinajstić information content (AvgIpc) is 2.19. The number of hydrogen-bond acceptors (Lipinski definition) is 3. The van der Waals surface area contributed by atoms with Gasteiger partial charge in [0.2, 0.25) is 0 Å². The van der Waals surface area contributed by atoms with Crippen molar-refractivity contribution < 1.29 is 0 Å². The molecule has 0 saturated heterocycles. The minimum Gasteiger partial charge on any atom is -0.264 e. The SMILES string of the molecule is N#CCC1N=CC=N1. The molecule has 1 aliphatic rings. The lowest BCUT2D eigenvalue weighted by atomic mass is 10.4. The molecule has 0 atom stereocenters. The van der Waals surface area contributed by atoms with Crippen LogP contribution in [0.1, 0.15) is 6.42 Å². The third kappa shape index (κ3) is 0.909. The number of nitriles is 1. The van der Waals surface area contributed by atoms with E-state index in [-0.39, 0.29) is 6.17 Å². The van der Waals surface area contributed by atoms with Crippen molar-refractivity contribution in [1.29, 1.82) is 5.26 Å². The van der Waals surface area contributed by atoms with Crippen molar-refractivity contribution >= 4 is 12.4 Å². The summed E-state index contributed by atoms with van der Waals surface area (Å²) >= 11 is 0. The Balaban J connectivity index is 2.41. The predicted octanol–water partition coefficient (Wildman–Crippen LogP) is 0.381. The van der Waals surface area contributed by atoms with Crippen molar-refractivity contribution in [2.24, 2.45) is 9.98 Å². The molecule has 0 aromatic rings. The highest BCUT2D eigenvalue weighted by atomic mass is 15.0. The van der Waals surface area contributed by atoms with Gasteiger partial charge in [0.05, 0.1) is 12.5 Å². The van der Waals surface area contributed by atoms with Crippen molar-refractivity contribution in [1.82, 2.24) is 0 Å². The van der Waals surface area contributed by atoms with E-state index >= 15 is 0 Å². The molecule has 0 aromatic carbocycles. The maximum Gasteiger partial charge on any atom is 0.152 e.